The Morgan fingerprint density at radius 1 is 1.31 bits per heavy atom. The molecule has 1 aromatic carbocycles. The van der Waals surface area contributed by atoms with Crippen LogP contribution in [0.15, 0.2) is 18.2 Å². The Morgan fingerprint density at radius 3 is 2.44 bits per heavy atom. The summed E-state index contributed by atoms with van der Waals surface area (Å²) in [7, 11) is 0. The third kappa shape index (κ3) is 4.06. The Kier molecular flexibility index (Phi) is 3.75. The molecule has 0 radical (unpaired) electrons. The number of hydrogen-bond donors (Lipinski definition) is 1. The average molecular weight is 227 g/mol. The van der Waals surface area contributed by atoms with Gasteiger partial charge in [0.25, 0.3) is 0 Å². The van der Waals surface area contributed by atoms with Crippen LogP contribution in [0.3, 0.4) is 0 Å². The monoisotopic (exact) mass is 227 g/mol. The number of rotatable bonds is 4. The van der Waals surface area contributed by atoms with Crippen LogP contribution in [0, 0.1) is 11.6 Å². The first kappa shape index (κ1) is 12.8. The molecule has 0 unspecified atom stereocenters. The van der Waals surface area contributed by atoms with E-state index in [9.17, 15) is 13.6 Å². The van der Waals surface area contributed by atoms with Crippen LogP contribution in [0.25, 0.3) is 0 Å². The van der Waals surface area contributed by atoms with E-state index in [0.717, 1.165) is 12.1 Å². The van der Waals surface area contributed by atoms with Crippen LogP contribution in [0.5, 0.6) is 0 Å². The van der Waals surface area contributed by atoms with E-state index in [4.69, 9.17) is 5.73 Å². The lowest BCUT2D eigenvalue weighted by molar-refractivity contribution is -0.119. The topological polar surface area (TPSA) is 43.1 Å². The van der Waals surface area contributed by atoms with Crippen molar-refractivity contribution in [3.05, 3.63) is 35.4 Å². The van der Waals surface area contributed by atoms with Crippen molar-refractivity contribution < 1.29 is 13.6 Å². The summed E-state index contributed by atoms with van der Waals surface area (Å²) in [5.41, 5.74) is 5.58. The first-order valence-electron chi connectivity index (χ1n) is 5.02. The van der Waals surface area contributed by atoms with Crippen molar-refractivity contribution in [2.45, 2.75) is 32.2 Å². The molecular weight excluding hydrogens is 212 g/mol. The first-order chi connectivity index (χ1) is 7.28. The molecule has 0 atom stereocenters. The number of hydrogen-bond acceptors (Lipinski definition) is 2. The first-order valence-corrected chi connectivity index (χ1v) is 5.02. The maximum absolute atomic E-state index is 12.9. The average Bonchev–Trinajstić information content (AvgIpc) is 2.08. The summed E-state index contributed by atoms with van der Waals surface area (Å²) in [6, 6.07) is 3.46. The fourth-order valence-electron chi connectivity index (χ4n) is 1.45. The smallest absolute Gasteiger partial charge is 0.159 e. The molecular formula is C12H15F2NO. The van der Waals surface area contributed by atoms with Crippen LogP contribution in [-0.4, -0.2) is 11.3 Å². The van der Waals surface area contributed by atoms with Gasteiger partial charge in [0, 0.05) is 18.4 Å². The van der Waals surface area contributed by atoms with Crippen molar-refractivity contribution in [3.8, 4) is 0 Å². The molecule has 0 saturated heterocycles. The van der Waals surface area contributed by atoms with E-state index in [1.165, 1.54) is 6.07 Å². The summed E-state index contributed by atoms with van der Waals surface area (Å²) in [6.07, 6.45) is 0.295. The molecule has 0 amide bonds. The number of Topliss-reactive ketones (excluding diaryl/α,β-unsaturated/α-hetero) is 1. The van der Waals surface area contributed by atoms with E-state index in [2.05, 4.69) is 0 Å². The number of ketones is 1. The van der Waals surface area contributed by atoms with Gasteiger partial charge in [-0.25, -0.2) is 8.78 Å². The van der Waals surface area contributed by atoms with Gasteiger partial charge in [0.15, 0.2) is 11.6 Å². The summed E-state index contributed by atoms with van der Waals surface area (Å²) in [4.78, 5) is 11.5. The third-order valence-corrected chi connectivity index (χ3v) is 2.04. The lowest BCUT2D eigenvalue weighted by atomic mass is 9.96. The highest BCUT2D eigenvalue weighted by atomic mass is 19.2. The SMILES string of the molecule is CC(C)(N)CC(=O)Cc1ccc(F)c(F)c1. The molecule has 0 heterocycles. The van der Waals surface area contributed by atoms with E-state index < -0.39 is 17.2 Å². The van der Waals surface area contributed by atoms with Gasteiger partial charge in [-0.05, 0) is 31.5 Å². The molecule has 0 aromatic heterocycles. The van der Waals surface area contributed by atoms with E-state index >= 15 is 0 Å². The number of benzene rings is 1. The molecule has 2 nitrogen and oxygen atoms in total. The summed E-state index contributed by atoms with van der Waals surface area (Å²) >= 11 is 0. The molecule has 0 aliphatic rings. The van der Waals surface area contributed by atoms with Crippen molar-refractivity contribution in [2.75, 3.05) is 0 Å². The maximum atomic E-state index is 12.9. The molecule has 1 aromatic rings. The Balaban J connectivity index is 2.67. The summed E-state index contributed by atoms with van der Waals surface area (Å²) in [6.45, 7) is 3.49. The molecule has 0 bridgehead atoms. The Hall–Kier alpha value is -1.29. The van der Waals surface area contributed by atoms with Crippen molar-refractivity contribution in [1.29, 1.82) is 0 Å². The van der Waals surface area contributed by atoms with Gasteiger partial charge in [-0.15, -0.1) is 0 Å². The van der Waals surface area contributed by atoms with Crippen LogP contribution < -0.4 is 5.73 Å². The zero-order valence-corrected chi connectivity index (χ0v) is 9.39. The number of halogens is 2. The van der Waals surface area contributed by atoms with Crippen molar-refractivity contribution in [1.82, 2.24) is 0 Å². The Morgan fingerprint density at radius 2 is 1.94 bits per heavy atom. The zero-order valence-electron chi connectivity index (χ0n) is 9.39. The minimum atomic E-state index is -0.933. The molecule has 2 N–H and O–H groups in total. The van der Waals surface area contributed by atoms with Crippen LogP contribution in [0.2, 0.25) is 0 Å². The quantitative estimate of drug-likeness (QED) is 0.856. The second kappa shape index (κ2) is 4.70. The summed E-state index contributed by atoms with van der Waals surface area (Å²) < 4.78 is 25.5. The predicted octanol–water partition coefficient (Wildman–Crippen LogP) is 2.20. The molecule has 4 heteroatoms. The lowest BCUT2D eigenvalue weighted by Crippen LogP contribution is -2.35. The molecule has 88 valence electrons. The highest BCUT2D eigenvalue weighted by molar-refractivity contribution is 5.81. The molecule has 0 spiro atoms. The van der Waals surface area contributed by atoms with Gasteiger partial charge in [0.1, 0.15) is 5.78 Å². The van der Waals surface area contributed by atoms with Crippen LogP contribution in [-0.2, 0) is 11.2 Å². The normalized spacial score (nSPS) is 11.6. The third-order valence-electron chi connectivity index (χ3n) is 2.04. The minimum absolute atomic E-state index is 0.0812. The molecule has 0 aliphatic heterocycles. The molecule has 0 aliphatic carbocycles. The van der Waals surface area contributed by atoms with Gasteiger partial charge in [0.05, 0.1) is 0 Å². The van der Waals surface area contributed by atoms with Crippen LogP contribution in [0.1, 0.15) is 25.8 Å². The van der Waals surface area contributed by atoms with Gasteiger partial charge in [0.2, 0.25) is 0 Å². The highest BCUT2D eigenvalue weighted by Crippen LogP contribution is 2.12. The lowest BCUT2D eigenvalue weighted by Gasteiger charge is -2.16. The Bertz CT molecular complexity index is 396. The van der Waals surface area contributed by atoms with Crippen molar-refractivity contribution in [3.63, 3.8) is 0 Å². The second-order valence-electron chi connectivity index (χ2n) is 4.63. The van der Waals surface area contributed by atoms with E-state index in [-0.39, 0.29) is 18.6 Å². The highest BCUT2D eigenvalue weighted by Gasteiger charge is 2.16. The van der Waals surface area contributed by atoms with E-state index in [1.54, 1.807) is 13.8 Å². The number of nitrogens with two attached hydrogens (primary N) is 1. The molecule has 0 saturated carbocycles. The second-order valence-corrected chi connectivity index (χ2v) is 4.63. The van der Waals surface area contributed by atoms with Gasteiger partial charge in [-0.3, -0.25) is 4.79 Å². The molecule has 0 fully saturated rings. The maximum Gasteiger partial charge on any atom is 0.159 e. The fourth-order valence-corrected chi connectivity index (χ4v) is 1.45. The van der Waals surface area contributed by atoms with Gasteiger partial charge in [-0.2, -0.15) is 0 Å². The standard InChI is InChI=1S/C12H15F2NO/c1-12(2,15)7-9(16)5-8-3-4-10(13)11(14)6-8/h3-4,6H,5,7,15H2,1-2H3. The van der Waals surface area contributed by atoms with Crippen LogP contribution >= 0.6 is 0 Å². The minimum Gasteiger partial charge on any atom is -0.325 e. The van der Waals surface area contributed by atoms with Crippen molar-refractivity contribution >= 4 is 5.78 Å². The molecule has 1 rings (SSSR count). The van der Waals surface area contributed by atoms with Gasteiger partial charge in [-0.1, -0.05) is 6.07 Å². The fraction of sp³-hybridized carbons (Fsp3) is 0.417. The van der Waals surface area contributed by atoms with Gasteiger partial charge < -0.3 is 5.73 Å². The predicted molar refractivity (Wildman–Crippen MR) is 58.0 cm³/mol. The van der Waals surface area contributed by atoms with E-state index in [1.807, 2.05) is 0 Å². The van der Waals surface area contributed by atoms with Crippen molar-refractivity contribution in [2.24, 2.45) is 5.73 Å². The molecule has 16 heavy (non-hydrogen) atoms. The van der Waals surface area contributed by atoms with Gasteiger partial charge >= 0.3 is 0 Å². The van der Waals surface area contributed by atoms with Crippen LogP contribution in [0.4, 0.5) is 8.78 Å². The largest absolute Gasteiger partial charge is 0.325 e. The summed E-state index contributed by atoms with van der Waals surface area (Å²) in [5.74, 6) is -1.92. The zero-order chi connectivity index (χ0) is 12.3. The number of carbonyl (C=O) groups excluding carboxylic acids is 1. The van der Waals surface area contributed by atoms with E-state index in [0.29, 0.717) is 5.56 Å². The Labute approximate surface area is 93.5 Å². The summed E-state index contributed by atoms with van der Waals surface area (Å²) in [5, 5.41) is 0. The number of carbonyl (C=O) groups is 1.